The molecule has 0 aliphatic carbocycles. The van der Waals surface area contributed by atoms with Gasteiger partial charge in [0.1, 0.15) is 15.9 Å². The Morgan fingerprint density at radius 3 is 1.37 bits per heavy atom. The third-order valence-electron chi connectivity index (χ3n) is 5.16. The summed E-state index contributed by atoms with van der Waals surface area (Å²) in [5.74, 6) is 0. The van der Waals surface area contributed by atoms with Crippen molar-refractivity contribution in [2.75, 3.05) is 7.11 Å². The van der Waals surface area contributed by atoms with E-state index in [0.29, 0.717) is 0 Å². The average molecular weight is 410 g/mol. The number of aryl methyl sites for hydroxylation is 1. The minimum absolute atomic E-state index is 0.745. The van der Waals surface area contributed by atoms with Crippen LogP contribution in [0.25, 0.3) is 0 Å². The first-order valence-electron chi connectivity index (χ1n) is 10.0. The van der Waals surface area contributed by atoms with E-state index in [2.05, 4.69) is 110 Å². The first kappa shape index (κ1) is 20.1. The zero-order valence-electron chi connectivity index (χ0n) is 17.3. The molecule has 0 saturated carbocycles. The number of nitrogens with zero attached hydrogens (tertiary/aromatic N) is 1. The number of aliphatic imine (C=N–C) groups is 1. The van der Waals surface area contributed by atoms with Crippen molar-refractivity contribution in [3.8, 4) is 0 Å². The quantitative estimate of drug-likeness (QED) is 0.238. The van der Waals surface area contributed by atoms with Crippen LogP contribution >= 0.6 is 7.26 Å². The molecule has 0 saturated heterocycles. The fourth-order valence-corrected chi connectivity index (χ4v) is 7.68. The Morgan fingerprint density at radius 1 is 0.600 bits per heavy atom. The van der Waals surface area contributed by atoms with E-state index in [1.807, 2.05) is 12.1 Å². The van der Waals surface area contributed by atoms with Gasteiger partial charge in [-0.25, -0.2) is 0 Å². The molecule has 4 aromatic carbocycles. The van der Waals surface area contributed by atoms with Crippen molar-refractivity contribution in [2.24, 2.45) is 4.99 Å². The zero-order chi connectivity index (χ0) is 20.8. The normalized spacial score (nSPS) is 11.9. The van der Waals surface area contributed by atoms with Crippen LogP contribution in [0.5, 0.6) is 0 Å². The molecule has 0 spiro atoms. The summed E-state index contributed by atoms with van der Waals surface area (Å²) >= 11 is 0. The number of hydrogen-bond acceptors (Lipinski definition) is 2. The van der Waals surface area contributed by atoms with Crippen LogP contribution in [0.15, 0.2) is 120 Å². The second-order valence-corrected chi connectivity index (χ2v) is 10.4. The highest BCUT2D eigenvalue weighted by atomic mass is 31.2. The molecule has 0 atom stereocenters. The van der Waals surface area contributed by atoms with Gasteiger partial charge in [-0.1, -0.05) is 72.3 Å². The van der Waals surface area contributed by atoms with Crippen molar-refractivity contribution in [3.05, 3.63) is 121 Å². The lowest BCUT2D eigenvalue weighted by atomic mass is 10.2. The SMILES string of the molecule is COC(=Nc1ccc(C)cc1)[P+](c1ccccc1)(c1ccccc1)c1ccccc1. The second kappa shape index (κ2) is 9.07. The predicted molar refractivity (Wildman–Crippen MR) is 130 cm³/mol. The Labute approximate surface area is 179 Å². The van der Waals surface area contributed by atoms with Crippen molar-refractivity contribution < 1.29 is 4.74 Å². The molecule has 3 heteroatoms. The van der Waals surface area contributed by atoms with Crippen LogP contribution in [0, 0.1) is 6.92 Å². The molecule has 0 fully saturated rings. The summed E-state index contributed by atoms with van der Waals surface area (Å²) in [6.07, 6.45) is 0. The molecule has 0 heterocycles. The molecular formula is C27H25NOP+. The van der Waals surface area contributed by atoms with Gasteiger partial charge in [0, 0.05) is 0 Å². The highest BCUT2D eigenvalue weighted by Crippen LogP contribution is 2.57. The molecule has 0 aliphatic rings. The molecule has 4 aromatic rings. The minimum Gasteiger partial charge on any atom is -0.454 e. The summed E-state index contributed by atoms with van der Waals surface area (Å²) < 4.78 is 6.11. The van der Waals surface area contributed by atoms with Gasteiger partial charge in [-0.2, -0.15) is 4.99 Å². The van der Waals surface area contributed by atoms with Crippen molar-refractivity contribution in [3.63, 3.8) is 0 Å². The molecule has 4 rings (SSSR count). The van der Waals surface area contributed by atoms with Gasteiger partial charge in [-0.15, -0.1) is 0 Å². The maximum Gasteiger partial charge on any atom is 0.356 e. The van der Waals surface area contributed by atoms with Crippen molar-refractivity contribution >= 4 is 34.5 Å². The van der Waals surface area contributed by atoms with Gasteiger partial charge in [-0.3, -0.25) is 0 Å². The predicted octanol–water partition coefficient (Wildman–Crippen LogP) is 5.62. The third kappa shape index (κ3) is 3.79. The van der Waals surface area contributed by atoms with Crippen LogP contribution < -0.4 is 15.9 Å². The maximum atomic E-state index is 6.11. The van der Waals surface area contributed by atoms with E-state index in [1.165, 1.54) is 21.5 Å². The number of rotatable bonds is 5. The zero-order valence-corrected chi connectivity index (χ0v) is 18.2. The average Bonchev–Trinajstić information content (AvgIpc) is 2.82. The van der Waals surface area contributed by atoms with Gasteiger partial charge in [0.05, 0.1) is 12.8 Å². The first-order valence-corrected chi connectivity index (χ1v) is 11.8. The van der Waals surface area contributed by atoms with Gasteiger partial charge < -0.3 is 4.74 Å². The van der Waals surface area contributed by atoms with Crippen molar-refractivity contribution in [1.29, 1.82) is 0 Å². The number of methoxy groups -OCH3 is 1. The van der Waals surface area contributed by atoms with E-state index in [-0.39, 0.29) is 0 Å². The van der Waals surface area contributed by atoms with E-state index >= 15 is 0 Å². The lowest BCUT2D eigenvalue weighted by Gasteiger charge is -2.26. The molecule has 148 valence electrons. The number of hydrogen-bond donors (Lipinski definition) is 0. The number of benzene rings is 4. The lowest BCUT2D eigenvalue weighted by Crippen LogP contribution is -2.37. The summed E-state index contributed by atoms with van der Waals surface area (Å²) in [7, 11) is -0.580. The molecule has 30 heavy (non-hydrogen) atoms. The largest absolute Gasteiger partial charge is 0.454 e. The van der Waals surface area contributed by atoms with Crippen LogP contribution in [-0.4, -0.2) is 12.7 Å². The van der Waals surface area contributed by atoms with Gasteiger partial charge in [-0.05, 0) is 55.5 Å². The molecular weight excluding hydrogens is 385 g/mol. The van der Waals surface area contributed by atoms with Gasteiger partial charge in [0.15, 0.2) is 0 Å². The summed E-state index contributed by atoms with van der Waals surface area (Å²) in [6, 6.07) is 40.1. The fraction of sp³-hybridized carbons (Fsp3) is 0.0741. The van der Waals surface area contributed by atoms with E-state index in [1.54, 1.807) is 7.11 Å². The Morgan fingerprint density at radius 2 is 1.00 bits per heavy atom. The third-order valence-corrected chi connectivity index (χ3v) is 9.23. The monoisotopic (exact) mass is 410 g/mol. The highest BCUT2D eigenvalue weighted by molar-refractivity contribution is 8.08. The van der Waals surface area contributed by atoms with Crippen molar-refractivity contribution in [1.82, 2.24) is 0 Å². The maximum absolute atomic E-state index is 6.11. The molecule has 2 nitrogen and oxygen atoms in total. The summed E-state index contributed by atoms with van der Waals surface area (Å²) in [6.45, 7) is 2.08. The van der Waals surface area contributed by atoms with E-state index in [4.69, 9.17) is 9.73 Å². The van der Waals surface area contributed by atoms with Crippen LogP contribution in [0.1, 0.15) is 5.56 Å². The molecule has 0 bridgehead atoms. The smallest absolute Gasteiger partial charge is 0.356 e. The molecule has 0 aliphatic heterocycles. The molecule has 0 radical (unpaired) electrons. The van der Waals surface area contributed by atoms with E-state index in [0.717, 1.165) is 11.3 Å². The highest BCUT2D eigenvalue weighted by Gasteiger charge is 2.53. The van der Waals surface area contributed by atoms with Gasteiger partial charge in [0.25, 0.3) is 0 Å². The van der Waals surface area contributed by atoms with E-state index in [9.17, 15) is 0 Å². The molecule has 0 unspecified atom stereocenters. The van der Waals surface area contributed by atoms with Crippen LogP contribution in [-0.2, 0) is 4.74 Å². The topological polar surface area (TPSA) is 21.6 Å². The van der Waals surface area contributed by atoms with Gasteiger partial charge >= 0.3 is 5.64 Å². The number of ether oxygens (including phenoxy) is 1. The molecule has 0 amide bonds. The standard InChI is InChI=1S/C27H25NOP/c1-22-18-20-23(21-19-22)28-27(29-2)30(24-12-6-3-7-13-24,25-14-8-4-9-15-25)26-16-10-5-11-17-26/h3-21H,1-2H3/q+1. The molecule has 0 aromatic heterocycles. The van der Waals surface area contributed by atoms with Crippen LogP contribution in [0.3, 0.4) is 0 Å². The van der Waals surface area contributed by atoms with Crippen LogP contribution in [0.4, 0.5) is 5.69 Å². The summed E-state index contributed by atoms with van der Waals surface area (Å²) in [4.78, 5) is 5.06. The Balaban J connectivity index is 2.07. The Hall–Kier alpha value is -3.22. The molecule has 0 N–H and O–H groups in total. The summed E-state index contributed by atoms with van der Waals surface area (Å²) in [5, 5.41) is 3.65. The minimum atomic E-state index is -2.31. The second-order valence-electron chi connectivity index (χ2n) is 7.11. The van der Waals surface area contributed by atoms with Crippen LogP contribution in [0.2, 0.25) is 0 Å². The summed E-state index contributed by atoms with van der Waals surface area (Å²) in [5.41, 5.74) is 2.85. The Bertz CT molecular complexity index is 1010. The first-order chi connectivity index (χ1) is 14.7. The van der Waals surface area contributed by atoms with Crippen molar-refractivity contribution in [2.45, 2.75) is 6.92 Å². The van der Waals surface area contributed by atoms with E-state index < -0.39 is 7.26 Å². The lowest BCUT2D eigenvalue weighted by molar-refractivity contribution is 0.415. The fourth-order valence-electron chi connectivity index (χ4n) is 3.72. The van der Waals surface area contributed by atoms with Gasteiger partial charge in [0.2, 0.25) is 7.26 Å². The Kier molecular flexibility index (Phi) is 6.07.